The summed E-state index contributed by atoms with van der Waals surface area (Å²) < 4.78 is 20.5. The van der Waals surface area contributed by atoms with Crippen LogP contribution in [0.15, 0.2) is 47.8 Å². The zero-order valence-electron chi connectivity index (χ0n) is 11.5. The smallest absolute Gasteiger partial charge is 0.132 e. The van der Waals surface area contributed by atoms with Crippen molar-refractivity contribution in [2.45, 2.75) is 6.04 Å². The Morgan fingerprint density at radius 1 is 1.19 bits per heavy atom. The first-order chi connectivity index (χ1) is 10.2. The highest BCUT2D eigenvalue weighted by molar-refractivity contribution is 7.17. The molecule has 0 saturated heterocycles. The first-order valence-electron chi connectivity index (χ1n) is 6.50. The zero-order chi connectivity index (χ0) is 14.8. The van der Waals surface area contributed by atoms with Gasteiger partial charge in [0.1, 0.15) is 11.6 Å². The second-order valence-electron chi connectivity index (χ2n) is 4.67. The predicted molar refractivity (Wildman–Crippen MR) is 83.9 cm³/mol. The standard InChI is InChI=1S/C16H15FN2OS/c1-20-11-5-6-12(14(17)9-11)15(19-18)13-4-2-3-10-7-8-21-16(10)13/h2-9,15,19H,18H2,1H3. The molecule has 5 heteroatoms. The highest BCUT2D eigenvalue weighted by Crippen LogP contribution is 2.33. The molecule has 0 fully saturated rings. The Morgan fingerprint density at radius 2 is 2.05 bits per heavy atom. The van der Waals surface area contributed by atoms with Gasteiger partial charge in [-0.25, -0.2) is 9.82 Å². The first-order valence-corrected chi connectivity index (χ1v) is 7.38. The van der Waals surface area contributed by atoms with Crippen molar-refractivity contribution < 1.29 is 9.13 Å². The van der Waals surface area contributed by atoms with Crippen LogP contribution >= 0.6 is 11.3 Å². The molecule has 0 saturated carbocycles. The minimum absolute atomic E-state index is 0.342. The molecule has 3 nitrogen and oxygen atoms in total. The van der Waals surface area contributed by atoms with Gasteiger partial charge in [-0.3, -0.25) is 5.84 Å². The number of hydrogen-bond acceptors (Lipinski definition) is 4. The number of nitrogens with one attached hydrogen (secondary N) is 1. The van der Waals surface area contributed by atoms with Crippen LogP contribution in [-0.4, -0.2) is 7.11 Å². The molecular weight excluding hydrogens is 287 g/mol. The number of nitrogens with two attached hydrogens (primary N) is 1. The van der Waals surface area contributed by atoms with Gasteiger partial charge in [0.2, 0.25) is 0 Å². The third-order valence-electron chi connectivity index (χ3n) is 3.51. The third kappa shape index (κ3) is 2.51. The molecule has 21 heavy (non-hydrogen) atoms. The fourth-order valence-corrected chi connectivity index (χ4v) is 3.40. The highest BCUT2D eigenvalue weighted by Gasteiger charge is 2.19. The van der Waals surface area contributed by atoms with Gasteiger partial charge in [0, 0.05) is 16.3 Å². The summed E-state index contributed by atoms with van der Waals surface area (Å²) >= 11 is 1.62. The van der Waals surface area contributed by atoms with Crippen molar-refractivity contribution in [2.75, 3.05) is 7.11 Å². The maximum absolute atomic E-state index is 14.3. The van der Waals surface area contributed by atoms with E-state index in [1.54, 1.807) is 23.5 Å². The van der Waals surface area contributed by atoms with E-state index in [2.05, 4.69) is 5.43 Å². The molecule has 1 unspecified atom stereocenters. The van der Waals surface area contributed by atoms with E-state index in [0.717, 1.165) is 15.6 Å². The summed E-state index contributed by atoms with van der Waals surface area (Å²) in [6.45, 7) is 0. The molecular formula is C16H15FN2OS. The van der Waals surface area contributed by atoms with Gasteiger partial charge >= 0.3 is 0 Å². The van der Waals surface area contributed by atoms with Gasteiger partial charge in [-0.1, -0.05) is 24.3 Å². The number of rotatable bonds is 4. The molecule has 0 spiro atoms. The van der Waals surface area contributed by atoms with Gasteiger partial charge in [-0.15, -0.1) is 11.3 Å². The molecule has 3 rings (SSSR count). The minimum atomic E-state index is -0.404. The van der Waals surface area contributed by atoms with E-state index < -0.39 is 6.04 Å². The molecule has 3 N–H and O–H groups in total. The van der Waals surface area contributed by atoms with Crippen LogP contribution < -0.4 is 16.0 Å². The fourth-order valence-electron chi connectivity index (χ4n) is 2.46. The Bertz CT molecular complexity index is 772. The average Bonchev–Trinajstić information content (AvgIpc) is 2.98. The maximum Gasteiger partial charge on any atom is 0.132 e. The number of thiophene rings is 1. The molecule has 0 bridgehead atoms. The quantitative estimate of drug-likeness (QED) is 0.572. The number of fused-ring (bicyclic) bond motifs is 1. The van der Waals surface area contributed by atoms with Crippen LogP contribution in [0, 0.1) is 5.82 Å². The first kappa shape index (κ1) is 14.0. The van der Waals surface area contributed by atoms with Crippen molar-refractivity contribution in [2.24, 2.45) is 5.84 Å². The summed E-state index contributed by atoms with van der Waals surface area (Å²) in [6.07, 6.45) is 0. The summed E-state index contributed by atoms with van der Waals surface area (Å²) in [5.41, 5.74) is 4.19. The SMILES string of the molecule is COc1ccc(C(NN)c2cccc3ccsc23)c(F)c1. The van der Waals surface area contributed by atoms with Gasteiger partial charge in [-0.2, -0.15) is 0 Å². The Labute approximate surface area is 126 Å². The van der Waals surface area contributed by atoms with Gasteiger partial charge < -0.3 is 4.74 Å². The highest BCUT2D eigenvalue weighted by atomic mass is 32.1. The summed E-state index contributed by atoms with van der Waals surface area (Å²) in [5, 5.41) is 3.15. The minimum Gasteiger partial charge on any atom is -0.497 e. The Balaban J connectivity index is 2.12. The van der Waals surface area contributed by atoms with Crippen LogP contribution in [-0.2, 0) is 0 Å². The van der Waals surface area contributed by atoms with Crippen molar-refractivity contribution >= 4 is 21.4 Å². The largest absolute Gasteiger partial charge is 0.497 e. The summed E-state index contributed by atoms with van der Waals surface area (Å²) in [4.78, 5) is 0. The van der Waals surface area contributed by atoms with Crippen molar-refractivity contribution in [1.29, 1.82) is 0 Å². The molecule has 1 aromatic heterocycles. The molecule has 2 aromatic carbocycles. The Kier molecular flexibility index (Phi) is 3.88. The van der Waals surface area contributed by atoms with Crippen molar-refractivity contribution in [3.05, 3.63) is 64.8 Å². The van der Waals surface area contributed by atoms with Crippen LogP contribution in [0.2, 0.25) is 0 Å². The van der Waals surface area contributed by atoms with Crippen LogP contribution in [0.4, 0.5) is 4.39 Å². The molecule has 108 valence electrons. The van der Waals surface area contributed by atoms with E-state index in [4.69, 9.17) is 10.6 Å². The molecule has 1 atom stereocenters. The lowest BCUT2D eigenvalue weighted by Crippen LogP contribution is -2.29. The van der Waals surface area contributed by atoms with Crippen molar-refractivity contribution in [1.82, 2.24) is 5.43 Å². The molecule has 0 aliphatic rings. The van der Waals surface area contributed by atoms with Crippen LogP contribution in [0.25, 0.3) is 10.1 Å². The van der Waals surface area contributed by atoms with Gasteiger partial charge in [0.15, 0.2) is 0 Å². The summed E-state index contributed by atoms with van der Waals surface area (Å²) in [7, 11) is 1.51. The number of benzene rings is 2. The lowest BCUT2D eigenvalue weighted by atomic mass is 9.97. The lowest BCUT2D eigenvalue weighted by Gasteiger charge is -2.19. The number of hydrazine groups is 1. The normalized spacial score (nSPS) is 12.5. The number of ether oxygens (including phenoxy) is 1. The molecule has 1 heterocycles. The van der Waals surface area contributed by atoms with Crippen LogP contribution in [0.1, 0.15) is 17.2 Å². The average molecular weight is 302 g/mol. The van der Waals surface area contributed by atoms with Crippen LogP contribution in [0.5, 0.6) is 5.75 Å². The Morgan fingerprint density at radius 3 is 2.76 bits per heavy atom. The zero-order valence-corrected chi connectivity index (χ0v) is 12.3. The van der Waals surface area contributed by atoms with E-state index in [0.29, 0.717) is 11.3 Å². The lowest BCUT2D eigenvalue weighted by molar-refractivity contribution is 0.410. The summed E-state index contributed by atoms with van der Waals surface area (Å²) in [6, 6.07) is 12.4. The molecule has 0 aliphatic heterocycles. The second-order valence-corrected chi connectivity index (χ2v) is 5.59. The number of methoxy groups -OCH3 is 1. The fraction of sp³-hybridized carbons (Fsp3) is 0.125. The van der Waals surface area contributed by atoms with E-state index in [-0.39, 0.29) is 5.82 Å². The van der Waals surface area contributed by atoms with Gasteiger partial charge in [0.05, 0.1) is 13.2 Å². The topological polar surface area (TPSA) is 47.3 Å². The predicted octanol–water partition coefficient (Wildman–Crippen LogP) is 3.60. The summed E-state index contributed by atoms with van der Waals surface area (Å²) in [5.74, 6) is 5.84. The van der Waals surface area contributed by atoms with E-state index >= 15 is 0 Å². The number of hydrogen-bond donors (Lipinski definition) is 2. The monoisotopic (exact) mass is 302 g/mol. The third-order valence-corrected chi connectivity index (χ3v) is 4.49. The number of halogens is 1. The molecule has 3 aromatic rings. The second kappa shape index (κ2) is 5.81. The van der Waals surface area contributed by atoms with Gasteiger partial charge in [-0.05, 0) is 28.5 Å². The maximum atomic E-state index is 14.3. The van der Waals surface area contributed by atoms with Crippen LogP contribution in [0.3, 0.4) is 0 Å². The molecule has 0 amide bonds. The molecule has 0 radical (unpaired) electrons. The van der Waals surface area contributed by atoms with E-state index in [1.807, 2.05) is 29.6 Å². The Hall–Kier alpha value is -1.95. The van der Waals surface area contributed by atoms with E-state index in [1.165, 1.54) is 13.2 Å². The van der Waals surface area contributed by atoms with Crippen molar-refractivity contribution in [3.63, 3.8) is 0 Å². The molecule has 0 aliphatic carbocycles. The van der Waals surface area contributed by atoms with Crippen molar-refractivity contribution in [3.8, 4) is 5.75 Å². The van der Waals surface area contributed by atoms with E-state index in [9.17, 15) is 4.39 Å². The van der Waals surface area contributed by atoms with Gasteiger partial charge in [0.25, 0.3) is 0 Å².